The smallest absolute Gasteiger partial charge is 0.111 e. The third-order valence-electron chi connectivity index (χ3n) is 5.29. The van der Waals surface area contributed by atoms with Crippen LogP contribution in [0.3, 0.4) is 0 Å². The number of hydrogen-bond acceptors (Lipinski definition) is 2. The average molecular weight is 437 g/mol. The minimum Gasteiger partial charge on any atom is -0.555 e. The van der Waals surface area contributed by atoms with Crippen molar-refractivity contribution in [3.63, 3.8) is 0 Å². The molecule has 1 fully saturated rings. The Kier molecular flexibility index (Phi) is 11.7. The summed E-state index contributed by atoms with van der Waals surface area (Å²) in [5.74, 6) is 2.94. The molecule has 149 valence electrons. The Labute approximate surface area is 188 Å². The van der Waals surface area contributed by atoms with E-state index < -0.39 is 0 Å². The van der Waals surface area contributed by atoms with E-state index in [1.807, 2.05) is 20.8 Å². The number of ether oxygens (including phenoxy) is 1. The van der Waals surface area contributed by atoms with Crippen molar-refractivity contribution < 1.29 is 42.2 Å². The van der Waals surface area contributed by atoms with Gasteiger partial charge in [-0.15, -0.1) is 5.92 Å². The van der Waals surface area contributed by atoms with E-state index in [9.17, 15) is 4.79 Å². The predicted molar refractivity (Wildman–Crippen MR) is 107 cm³/mol. The number of ketones is 1. The van der Waals surface area contributed by atoms with Crippen molar-refractivity contribution in [3.05, 3.63) is 26.2 Å². The largest absolute Gasteiger partial charge is 0.555 e. The molecule has 0 bridgehead atoms. The van der Waals surface area contributed by atoms with Crippen molar-refractivity contribution in [2.75, 3.05) is 6.61 Å². The van der Waals surface area contributed by atoms with E-state index in [0.29, 0.717) is 0 Å². The Hall–Kier alpha value is 0.474. The zero-order valence-corrected chi connectivity index (χ0v) is 20.9. The molecule has 2 nitrogen and oxygen atoms in total. The Morgan fingerprint density at radius 1 is 1.08 bits per heavy atom. The first-order chi connectivity index (χ1) is 11.5. The van der Waals surface area contributed by atoms with Gasteiger partial charge >= 0.3 is 0 Å². The van der Waals surface area contributed by atoms with Crippen LogP contribution in [0, 0.1) is 48.5 Å². The number of rotatable bonds is 4. The van der Waals surface area contributed by atoms with Crippen LogP contribution in [-0.4, -0.2) is 12.4 Å². The maximum atomic E-state index is 11.8. The molecule has 0 aliphatic heterocycles. The minimum atomic E-state index is -0.252. The van der Waals surface area contributed by atoms with Crippen LogP contribution in [0.2, 0.25) is 0 Å². The molecule has 0 N–H and O–H groups in total. The summed E-state index contributed by atoms with van der Waals surface area (Å²) in [6.07, 6.45) is 10.8. The van der Waals surface area contributed by atoms with Gasteiger partial charge in [-0.25, -0.2) is 7.11 Å². The van der Waals surface area contributed by atoms with Gasteiger partial charge in [0.15, 0.2) is 0 Å². The fourth-order valence-corrected chi connectivity index (χ4v) is 4.02. The van der Waals surface area contributed by atoms with Crippen molar-refractivity contribution in [3.8, 4) is 0 Å². The zero-order chi connectivity index (χ0) is 19.3. The maximum Gasteiger partial charge on any atom is 0.111 e. The standard InChI is InChI=1S/C12H23O.C11H17O.Y/c1-9(8-11(2,3)4)10(13)12(5,6)7;1-12-8-11-9-6-4-2-3-5-7-10(9)11;/h9H,1,8H2,2-7H3;2-3,9-11H,1,4-8H2;/q2*-1;/b;3-2+;. The number of fused-ring (bicyclic) bond motifs is 1. The Bertz CT molecular complexity index is 426. The van der Waals surface area contributed by atoms with Crippen LogP contribution in [0.1, 0.15) is 73.6 Å². The van der Waals surface area contributed by atoms with Crippen LogP contribution in [0.5, 0.6) is 0 Å². The third-order valence-corrected chi connectivity index (χ3v) is 5.29. The number of carbonyl (C=O) groups is 1. The van der Waals surface area contributed by atoms with Gasteiger partial charge < -0.3 is 16.5 Å². The van der Waals surface area contributed by atoms with Crippen molar-refractivity contribution in [1.82, 2.24) is 0 Å². The van der Waals surface area contributed by atoms with Crippen LogP contribution < -0.4 is 0 Å². The molecule has 0 heterocycles. The van der Waals surface area contributed by atoms with E-state index >= 15 is 0 Å². The van der Waals surface area contributed by atoms with Crippen LogP contribution >= 0.6 is 0 Å². The fourth-order valence-electron chi connectivity index (χ4n) is 4.02. The Morgan fingerprint density at radius 3 is 1.88 bits per heavy atom. The second-order valence-corrected chi connectivity index (χ2v) is 10.1. The van der Waals surface area contributed by atoms with Crippen LogP contribution in [0.15, 0.2) is 12.2 Å². The Balaban J connectivity index is 0.000000463. The van der Waals surface area contributed by atoms with Gasteiger partial charge in [0.1, 0.15) is 5.78 Å². The molecule has 26 heavy (non-hydrogen) atoms. The molecule has 1 saturated carbocycles. The molecular weight excluding hydrogens is 397 g/mol. The molecule has 3 heteroatoms. The van der Waals surface area contributed by atoms with Gasteiger partial charge in [-0.05, 0) is 48.9 Å². The molecule has 0 aromatic rings. The van der Waals surface area contributed by atoms with E-state index in [1.54, 1.807) is 0 Å². The van der Waals surface area contributed by atoms with E-state index in [0.717, 1.165) is 30.8 Å². The normalized spacial score (nSPS) is 27.5. The zero-order valence-electron chi connectivity index (χ0n) is 18.0. The summed E-state index contributed by atoms with van der Waals surface area (Å²) >= 11 is 0. The van der Waals surface area contributed by atoms with Gasteiger partial charge in [-0.1, -0.05) is 60.1 Å². The molecule has 2 rings (SSSR count). The predicted octanol–water partition coefficient (Wildman–Crippen LogP) is 6.27. The molecule has 1 radical (unpaired) electrons. The summed E-state index contributed by atoms with van der Waals surface area (Å²) in [6, 6.07) is 0. The summed E-state index contributed by atoms with van der Waals surface area (Å²) in [7, 11) is 3.45. The van der Waals surface area contributed by atoms with Gasteiger partial charge in [0.05, 0.1) is 0 Å². The first-order valence-electron chi connectivity index (χ1n) is 9.86. The molecule has 3 unspecified atom stereocenters. The quantitative estimate of drug-likeness (QED) is 0.383. The topological polar surface area (TPSA) is 26.3 Å². The third kappa shape index (κ3) is 9.60. The molecular formula is C23H40O2Y-2. The summed E-state index contributed by atoms with van der Waals surface area (Å²) < 4.78 is 4.97. The summed E-state index contributed by atoms with van der Waals surface area (Å²) in [4.78, 5) is 11.8. The van der Waals surface area contributed by atoms with Gasteiger partial charge in [-0.2, -0.15) is 0 Å². The van der Waals surface area contributed by atoms with Crippen molar-refractivity contribution in [2.24, 2.45) is 34.5 Å². The molecule has 2 aliphatic rings. The van der Waals surface area contributed by atoms with Gasteiger partial charge in [0, 0.05) is 44.7 Å². The summed E-state index contributed by atoms with van der Waals surface area (Å²) in [5.41, 5.74) is -0.0645. The Morgan fingerprint density at radius 2 is 1.54 bits per heavy atom. The summed E-state index contributed by atoms with van der Waals surface area (Å²) in [6.45, 7) is 17.1. The monoisotopic (exact) mass is 437 g/mol. The van der Waals surface area contributed by atoms with Crippen LogP contribution in [0.25, 0.3) is 0 Å². The molecule has 0 amide bonds. The average Bonchev–Trinajstić information content (AvgIpc) is 3.05. The van der Waals surface area contributed by atoms with Gasteiger partial charge in [0.25, 0.3) is 0 Å². The minimum absolute atomic E-state index is 0. The van der Waals surface area contributed by atoms with Crippen LogP contribution in [-0.2, 0) is 42.2 Å². The second kappa shape index (κ2) is 11.5. The SMILES string of the molecule is [CH2-]C(CC(C)(C)C)C(=O)C(C)(C)C.[CH2-]OCC1C2CC/C=C/CCC21.[Y]. The fraction of sp³-hybridized carbons (Fsp3) is 0.783. The van der Waals surface area contributed by atoms with E-state index in [1.165, 1.54) is 25.7 Å². The number of Topliss-reactive ketones (excluding diaryl/α,β-unsaturated/α-hetero) is 1. The molecule has 0 spiro atoms. The summed E-state index contributed by atoms with van der Waals surface area (Å²) in [5, 5.41) is 0. The second-order valence-electron chi connectivity index (χ2n) is 10.1. The first-order valence-corrected chi connectivity index (χ1v) is 9.86. The molecule has 0 aromatic carbocycles. The van der Waals surface area contributed by atoms with Crippen LogP contribution in [0.4, 0.5) is 0 Å². The molecule has 2 aliphatic carbocycles. The number of allylic oxidation sites excluding steroid dienone is 2. The van der Waals surface area contributed by atoms with Gasteiger partial charge in [0.2, 0.25) is 0 Å². The maximum absolute atomic E-state index is 11.8. The van der Waals surface area contributed by atoms with E-state index in [4.69, 9.17) is 4.74 Å². The van der Waals surface area contributed by atoms with Crippen molar-refractivity contribution in [1.29, 1.82) is 0 Å². The number of hydrogen-bond donors (Lipinski definition) is 0. The van der Waals surface area contributed by atoms with E-state index in [-0.39, 0.29) is 55.2 Å². The van der Waals surface area contributed by atoms with Crippen molar-refractivity contribution in [2.45, 2.75) is 73.6 Å². The molecule has 0 aromatic heterocycles. The van der Waals surface area contributed by atoms with Crippen molar-refractivity contribution >= 4 is 5.78 Å². The van der Waals surface area contributed by atoms with E-state index in [2.05, 4.69) is 47.0 Å². The first kappa shape index (κ1) is 26.5. The molecule has 3 atom stereocenters. The number of carbonyl (C=O) groups excluding carboxylic acids is 1. The van der Waals surface area contributed by atoms with Gasteiger partial charge in [-0.3, -0.25) is 0 Å². The molecule has 0 saturated heterocycles.